The molecule has 1 aliphatic rings. The van der Waals surface area contributed by atoms with Gasteiger partial charge in [0, 0.05) is 19.2 Å². The molecule has 31 heavy (non-hydrogen) atoms. The highest BCUT2D eigenvalue weighted by molar-refractivity contribution is 6.11. The third-order valence-corrected chi connectivity index (χ3v) is 4.81. The highest BCUT2D eigenvalue weighted by atomic mass is 19.4. The van der Waals surface area contributed by atoms with Crippen molar-refractivity contribution in [3.63, 3.8) is 0 Å². The van der Waals surface area contributed by atoms with Crippen molar-refractivity contribution in [3.8, 4) is 5.75 Å². The van der Waals surface area contributed by atoms with Crippen LogP contribution in [0.15, 0.2) is 24.3 Å². The van der Waals surface area contributed by atoms with E-state index in [9.17, 15) is 27.6 Å². The molecule has 1 aliphatic heterocycles. The lowest BCUT2D eigenvalue weighted by atomic mass is 9.86. The van der Waals surface area contributed by atoms with E-state index in [-0.39, 0.29) is 38.0 Å². The summed E-state index contributed by atoms with van der Waals surface area (Å²) in [6.45, 7) is 5.63. The van der Waals surface area contributed by atoms with Crippen molar-refractivity contribution in [1.29, 1.82) is 0 Å². The van der Waals surface area contributed by atoms with Gasteiger partial charge in [0.15, 0.2) is 0 Å². The number of likely N-dealkylation sites (N-methyl/N-ethyl adjacent to an activating group) is 1. The van der Waals surface area contributed by atoms with Crippen LogP contribution in [0.5, 0.6) is 5.75 Å². The molecule has 1 fully saturated rings. The van der Waals surface area contributed by atoms with Crippen LogP contribution in [-0.4, -0.2) is 60.9 Å². The van der Waals surface area contributed by atoms with Gasteiger partial charge in [-0.05, 0) is 52.8 Å². The van der Waals surface area contributed by atoms with Crippen LogP contribution in [-0.2, 0) is 14.3 Å². The number of carbonyl (C=O) groups excluding carboxylic acids is 3. The Balaban J connectivity index is 2.18. The van der Waals surface area contributed by atoms with Gasteiger partial charge in [-0.3, -0.25) is 14.5 Å². The van der Waals surface area contributed by atoms with Crippen molar-refractivity contribution in [2.24, 2.45) is 0 Å². The van der Waals surface area contributed by atoms with Crippen molar-refractivity contribution >= 4 is 24.1 Å². The number of ether oxygens (including phenoxy) is 2. The number of likely N-dealkylation sites (tertiary alicyclic amines) is 1. The number of hydrogen-bond acceptors (Lipinski definition) is 6. The van der Waals surface area contributed by atoms with Crippen molar-refractivity contribution in [1.82, 2.24) is 10.2 Å². The van der Waals surface area contributed by atoms with Gasteiger partial charge in [-0.25, -0.2) is 4.79 Å². The zero-order chi connectivity index (χ0) is 23.4. The predicted octanol–water partition coefficient (Wildman–Crippen LogP) is 3.06. The Hall–Kier alpha value is -2.82. The minimum absolute atomic E-state index is 0.0639. The molecule has 3 amide bonds. The second-order valence-corrected chi connectivity index (χ2v) is 8.13. The van der Waals surface area contributed by atoms with Crippen LogP contribution < -0.4 is 15.0 Å². The van der Waals surface area contributed by atoms with E-state index < -0.39 is 35.3 Å². The second kappa shape index (κ2) is 9.13. The molecule has 11 heteroatoms. The molecule has 1 aromatic carbocycles. The van der Waals surface area contributed by atoms with E-state index >= 15 is 0 Å². The normalized spacial score (nSPS) is 16.4. The van der Waals surface area contributed by atoms with Crippen LogP contribution in [0.4, 0.5) is 23.7 Å². The van der Waals surface area contributed by atoms with Crippen molar-refractivity contribution in [2.45, 2.75) is 51.1 Å². The summed E-state index contributed by atoms with van der Waals surface area (Å²) in [5, 5.41) is 2.92. The molecule has 0 aromatic heterocycles. The van der Waals surface area contributed by atoms with Crippen molar-refractivity contribution in [3.05, 3.63) is 24.3 Å². The number of rotatable bonds is 5. The zero-order valence-electron chi connectivity index (χ0n) is 17.8. The highest BCUT2D eigenvalue weighted by Gasteiger charge is 2.44. The number of benzene rings is 1. The zero-order valence-corrected chi connectivity index (χ0v) is 17.8. The van der Waals surface area contributed by atoms with E-state index in [1.165, 1.54) is 17.0 Å². The van der Waals surface area contributed by atoms with Gasteiger partial charge in [-0.2, -0.15) is 0 Å². The van der Waals surface area contributed by atoms with Gasteiger partial charge in [0.2, 0.25) is 6.41 Å². The molecule has 172 valence electrons. The van der Waals surface area contributed by atoms with Gasteiger partial charge in [-0.1, -0.05) is 6.07 Å². The van der Waals surface area contributed by atoms with Crippen LogP contribution in [0.25, 0.3) is 0 Å². The van der Waals surface area contributed by atoms with E-state index in [2.05, 4.69) is 10.1 Å². The third-order valence-electron chi connectivity index (χ3n) is 4.81. The fraction of sp³-hybridized carbons (Fsp3) is 0.550. The Morgan fingerprint density at radius 2 is 1.81 bits per heavy atom. The summed E-state index contributed by atoms with van der Waals surface area (Å²) in [6.07, 6.45) is -4.80. The number of nitrogens with one attached hydrogen (secondary N) is 1. The first kappa shape index (κ1) is 24.4. The molecule has 0 atom stereocenters. The number of hydrogen-bond donors (Lipinski definition) is 1. The monoisotopic (exact) mass is 445 g/mol. The molecule has 1 N–H and O–H groups in total. The van der Waals surface area contributed by atoms with Gasteiger partial charge in [0.1, 0.15) is 16.9 Å². The number of piperidine rings is 1. The number of halogens is 3. The van der Waals surface area contributed by atoms with Crippen LogP contribution in [0.3, 0.4) is 0 Å². The van der Waals surface area contributed by atoms with Crippen molar-refractivity contribution < 1.29 is 37.0 Å². The highest BCUT2D eigenvalue weighted by Crippen LogP contribution is 2.30. The summed E-state index contributed by atoms with van der Waals surface area (Å²) in [4.78, 5) is 39.4. The number of nitrogens with zero attached hydrogens (tertiary/aromatic N) is 2. The average Bonchev–Trinajstić information content (AvgIpc) is 2.66. The summed E-state index contributed by atoms with van der Waals surface area (Å²) in [6, 6.07) is 4.60. The molecule has 8 nitrogen and oxygen atoms in total. The van der Waals surface area contributed by atoms with Crippen LogP contribution in [0.2, 0.25) is 0 Å². The number of anilines is 1. The molecule has 0 radical (unpaired) electrons. The maximum atomic E-state index is 13.2. The molecule has 0 saturated carbocycles. The van der Waals surface area contributed by atoms with E-state index in [1.54, 1.807) is 27.8 Å². The van der Waals surface area contributed by atoms with Crippen LogP contribution >= 0.6 is 0 Å². The van der Waals surface area contributed by atoms with E-state index in [1.807, 2.05) is 0 Å². The molecule has 0 unspecified atom stereocenters. The smallest absolute Gasteiger partial charge is 0.444 e. The van der Waals surface area contributed by atoms with Gasteiger partial charge in [0.05, 0.1) is 5.69 Å². The van der Waals surface area contributed by atoms with Crippen LogP contribution in [0, 0.1) is 0 Å². The number of imide groups is 1. The first-order chi connectivity index (χ1) is 14.3. The molecule has 0 spiro atoms. The lowest BCUT2D eigenvalue weighted by Gasteiger charge is -2.42. The molecular formula is C20H26F3N3O5. The van der Waals surface area contributed by atoms with Crippen LogP contribution in [0.1, 0.15) is 33.6 Å². The molecule has 1 aromatic rings. The van der Waals surface area contributed by atoms with E-state index in [0.717, 1.165) is 17.0 Å². The summed E-state index contributed by atoms with van der Waals surface area (Å²) in [5.74, 6) is -1.19. The van der Waals surface area contributed by atoms with Gasteiger partial charge < -0.3 is 19.7 Å². The Morgan fingerprint density at radius 3 is 2.29 bits per heavy atom. The Morgan fingerprint density at radius 1 is 1.19 bits per heavy atom. The predicted molar refractivity (Wildman–Crippen MR) is 106 cm³/mol. The molecule has 0 bridgehead atoms. The van der Waals surface area contributed by atoms with E-state index in [0.29, 0.717) is 0 Å². The molecule has 1 heterocycles. The summed E-state index contributed by atoms with van der Waals surface area (Å²) >= 11 is 0. The second-order valence-electron chi connectivity index (χ2n) is 8.13. The van der Waals surface area contributed by atoms with E-state index in [4.69, 9.17) is 4.74 Å². The number of amides is 3. The lowest BCUT2D eigenvalue weighted by molar-refractivity contribution is -0.274. The third kappa shape index (κ3) is 6.33. The average molecular weight is 445 g/mol. The fourth-order valence-corrected chi connectivity index (χ4v) is 3.26. The number of carbonyl (C=O) groups is 3. The fourth-order valence-electron chi connectivity index (χ4n) is 3.26. The first-order valence-electron chi connectivity index (χ1n) is 9.62. The Kier molecular flexibility index (Phi) is 7.20. The molecule has 1 saturated heterocycles. The molecule has 2 rings (SSSR count). The molecule has 0 aliphatic carbocycles. The van der Waals surface area contributed by atoms with Gasteiger partial charge >= 0.3 is 12.5 Å². The SMILES string of the molecule is CNC1(C(=O)N(C=O)c2cccc(OC(F)(F)F)c2)CCN(C(=O)OC(C)(C)C)CC1. The maximum Gasteiger partial charge on any atom is 0.573 e. The minimum atomic E-state index is -4.91. The lowest BCUT2D eigenvalue weighted by Crippen LogP contribution is -2.62. The summed E-state index contributed by atoms with van der Waals surface area (Å²) in [5.41, 5.74) is -1.91. The molecular weight excluding hydrogens is 419 g/mol. The van der Waals surface area contributed by atoms with Gasteiger partial charge in [0.25, 0.3) is 5.91 Å². The first-order valence-corrected chi connectivity index (χ1v) is 9.62. The van der Waals surface area contributed by atoms with Crippen molar-refractivity contribution in [2.75, 3.05) is 25.0 Å². The quantitative estimate of drug-likeness (QED) is 0.701. The largest absolute Gasteiger partial charge is 0.573 e. The minimum Gasteiger partial charge on any atom is -0.444 e. The van der Waals surface area contributed by atoms with Gasteiger partial charge in [-0.15, -0.1) is 13.2 Å². The summed E-state index contributed by atoms with van der Waals surface area (Å²) in [7, 11) is 1.55. The Labute approximate surface area is 178 Å². The maximum absolute atomic E-state index is 13.2. The number of alkyl halides is 3. The Bertz CT molecular complexity index is 815. The summed E-state index contributed by atoms with van der Waals surface area (Å²) < 4.78 is 46.7. The standard InChI is InChI=1S/C20H26F3N3O5/c1-18(2,3)31-17(29)25-10-8-19(24-4,9-11-25)16(28)26(13-27)14-6-5-7-15(12-14)30-20(21,22)23/h5-7,12-13,24H,8-11H2,1-4H3. The topological polar surface area (TPSA) is 88.2 Å².